The standard InChI is InChI=1S/C19H15NS/c1-20-11-4-5-14(10-12-20)15-8-9-17-16-6-2-3-7-18(16)21-19(17)13-15/h2-13H,1H3. The van der Waals surface area contributed by atoms with Crippen LogP contribution >= 0.6 is 11.3 Å². The third-order valence-electron chi connectivity index (χ3n) is 3.80. The minimum absolute atomic E-state index is 1.25. The largest absolute Gasteiger partial charge is 0.357 e. The molecule has 0 unspecified atom stereocenters. The summed E-state index contributed by atoms with van der Waals surface area (Å²) >= 11 is 1.87. The summed E-state index contributed by atoms with van der Waals surface area (Å²) in [6.45, 7) is 0. The van der Waals surface area contributed by atoms with E-state index in [1.807, 2.05) is 18.4 Å². The highest BCUT2D eigenvalue weighted by Gasteiger charge is 2.07. The van der Waals surface area contributed by atoms with Crippen LogP contribution in [0.1, 0.15) is 5.56 Å². The Morgan fingerprint density at radius 3 is 2.71 bits per heavy atom. The van der Waals surface area contributed by atoms with Gasteiger partial charge in [-0.2, -0.15) is 0 Å². The van der Waals surface area contributed by atoms with Crippen LogP contribution in [-0.4, -0.2) is 11.9 Å². The maximum absolute atomic E-state index is 2.30. The fraction of sp³-hybridized carbons (Fsp3) is 0.0526. The number of allylic oxidation sites excluding steroid dienone is 4. The lowest BCUT2D eigenvalue weighted by Gasteiger charge is -2.04. The molecular formula is C19H15NS. The van der Waals surface area contributed by atoms with Crippen molar-refractivity contribution in [2.75, 3.05) is 7.05 Å². The first-order valence-corrected chi connectivity index (χ1v) is 7.83. The lowest BCUT2D eigenvalue weighted by molar-refractivity contribution is 0.627. The van der Waals surface area contributed by atoms with Crippen LogP contribution in [0.4, 0.5) is 0 Å². The maximum Gasteiger partial charge on any atom is 0.0361 e. The normalized spacial score (nSPS) is 14.7. The van der Waals surface area contributed by atoms with Crippen LogP contribution in [0.2, 0.25) is 0 Å². The molecule has 21 heavy (non-hydrogen) atoms. The molecular weight excluding hydrogens is 274 g/mol. The van der Waals surface area contributed by atoms with Crippen LogP contribution < -0.4 is 0 Å². The highest BCUT2D eigenvalue weighted by Crippen LogP contribution is 2.35. The summed E-state index contributed by atoms with van der Waals surface area (Å²) in [5, 5.41) is 2.71. The van der Waals surface area contributed by atoms with Crippen molar-refractivity contribution in [1.29, 1.82) is 0 Å². The lowest BCUT2D eigenvalue weighted by atomic mass is 10.0. The zero-order valence-electron chi connectivity index (χ0n) is 11.8. The lowest BCUT2D eigenvalue weighted by Crippen LogP contribution is -1.97. The van der Waals surface area contributed by atoms with Crippen molar-refractivity contribution in [2.24, 2.45) is 0 Å². The Bertz CT molecular complexity index is 912. The van der Waals surface area contributed by atoms with E-state index in [1.54, 1.807) is 0 Å². The van der Waals surface area contributed by atoms with Gasteiger partial charge >= 0.3 is 0 Å². The van der Waals surface area contributed by atoms with E-state index in [9.17, 15) is 0 Å². The van der Waals surface area contributed by atoms with Crippen molar-refractivity contribution in [2.45, 2.75) is 0 Å². The smallest absolute Gasteiger partial charge is 0.0361 e. The zero-order chi connectivity index (χ0) is 14.2. The number of benzene rings is 2. The molecule has 1 aliphatic heterocycles. The molecule has 0 amide bonds. The summed E-state index contributed by atoms with van der Waals surface area (Å²) in [5.41, 5.74) is 2.51. The summed E-state index contributed by atoms with van der Waals surface area (Å²) in [7, 11) is 2.04. The van der Waals surface area contributed by atoms with Gasteiger partial charge in [0.05, 0.1) is 0 Å². The third kappa shape index (κ3) is 2.18. The SMILES string of the molecule is CN1C=CC=C(c2ccc3c(c2)sc2ccccc23)C=C1. The first-order chi connectivity index (χ1) is 10.3. The molecule has 4 rings (SSSR count). The van der Waals surface area contributed by atoms with Crippen molar-refractivity contribution in [3.63, 3.8) is 0 Å². The molecule has 1 nitrogen and oxygen atoms in total. The van der Waals surface area contributed by atoms with Crippen LogP contribution in [0.15, 0.2) is 73.1 Å². The molecule has 2 aromatic carbocycles. The highest BCUT2D eigenvalue weighted by atomic mass is 32.1. The van der Waals surface area contributed by atoms with Crippen LogP contribution in [0.5, 0.6) is 0 Å². The second-order valence-corrected chi connectivity index (χ2v) is 6.34. The fourth-order valence-corrected chi connectivity index (χ4v) is 3.83. The molecule has 0 saturated heterocycles. The van der Waals surface area contributed by atoms with Gasteiger partial charge in [0.2, 0.25) is 0 Å². The van der Waals surface area contributed by atoms with Gasteiger partial charge in [0.1, 0.15) is 0 Å². The van der Waals surface area contributed by atoms with Crippen LogP contribution in [0, 0.1) is 0 Å². The van der Waals surface area contributed by atoms with Crippen molar-refractivity contribution >= 4 is 37.1 Å². The van der Waals surface area contributed by atoms with Gasteiger partial charge in [0, 0.05) is 39.6 Å². The Kier molecular flexibility index (Phi) is 2.90. The van der Waals surface area contributed by atoms with Gasteiger partial charge in [0.25, 0.3) is 0 Å². The maximum atomic E-state index is 2.30. The molecule has 1 aliphatic rings. The molecule has 0 fully saturated rings. The number of hydrogen-bond donors (Lipinski definition) is 0. The Morgan fingerprint density at radius 1 is 0.905 bits per heavy atom. The molecule has 102 valence electrons. The quantitative estimate of drug-likeness (QED) is 0.579. The van der Waals surface area contributed by atoms with E-state index in [-0.39, 0.29) is 0 Å². The third-order valence-corrected chi connectivity index (χ3v) is 4.93. The number of thiophene rings is 1. The number of hydrogen-bond acceptors (Lipinski definition) is 2. The highest BCUT2D eigenvalue weighted by molar-refractivity contribution is 7.25. The minimum atomic E-state index is 1.25. The molecule has 2 heteroatoms. The van der Waals surface area contributed by atoms with Gasteiger partial charge in [-0.3, -0.25) is 0 Å². The monoisotopic (exact) mass is 289 g/mol. The summed E-state index contributed by atoms with van der Waals surface area (Å²) in [6.07, 6.45) is 10.6. The minimum Gasteiger partial charge on any atom is -0.357 e. The Labute approximate surface area is 128 Å². The summed E-state index contributed by atoms with van der Waals surface area (Å²) in [4.78, 5) is 2.06. The second kappa shape index (κ2) is 4.90. The van der Waals surface area contributed by atoms with Crippen molar-refractivity contribution in [3.8, 4) is 0 Å². The Morgan fingerprint density at radius 2 is 1.76 bits per heavy atom. The molecule has 0 atom stereocenters. The second-order valence-electron chi connectivity index (χ2n) is 5.25. The van der Waals surface area contributed by atoms with Gasteiger partial charge < -0.3 is 4.90 Å². The van der Waals surface area contributed by atoms with E-state index in [1.165, 1.54) is 31.3 Å². The average Bonchev–Trinajstić information content (AvgIpc) is 2.73. The molecule has 1 aromatic heterocycles. The summed E-state index contributed by atoms with van der Waals surface area (Å²) in [6, 6.07) is 15.4. The molecule has 0 spiro atoms. The van der Waals surface area contributed by atoms with E-state index in [0.717, 1.165) is 0 Å². The van der Waals surface area contributed by atoms with E-state index in [2.05, 4.69) is 78.0 Å². The van der Waals surface area contributed by atoms with Gasteiger partial charge in [-0.1, -0.05) is 36.4 Å². The van der Waals surface area contributed by atoms with Gasteiger partial charge in [0.15, 0.2) is 0 Å². The average molecular weight is 289 g/mol. The summed E-state index contributed by atoms with van der Waals surface area (Å²) < 4.78 is 2.71. The molecule has 0 saturated carbocycles. The van der Waals surface area contributed by atoms with Crippen molar-refractivity contribution in [3.05, 3.63) is 78.7 Å². The van der Waals surface area contributed by atoms with Crippen molar-refractivity contribution in [1.82, 2.24) is 4.90 Å². The number of nitrogens with zero attached hydrogens (tertiary/aromatic N) is 1. The zero-order valence-corrected chi connectivity index (χ0v) is 12.6. The molecule has 0 N–H and O–H groups in total. The predicted octanol–water partition coefficient (Wildman–Crippen LogP) is 5.41. The number of rotatable bonds is 1. The Hall–Kier alpha value is -2.32. The molecule has 3 aromatic rings. The van der Waals surface area contributed by atoms with Gasteiger partial charge in [-0.05, 0) is 35.4 Å². The van der Waals surface area contributed by atoms with Crippen LogP contribution in [-0.2, 0) is 0 Å². The molecule has 0 aliphatic carbocycles. The summed E-state index contributed by atoms with van der Waals surface area (Å²) in [5.74, 6) is 0. The topological polar surface area (TPSA) is 3.24 Å². The Balaban J connectivity index is 1.88. The fourth-order valence-electron chi connectivity index (χ4n) is 2.68. The van der Waals surface area contributed by atoms with E-state index >= 15 is 0 Å². The van der Waals surface area contributed by atoms with E-state index in [4.69, 9.17) is 0 Å². The van der Waals surface area contributed by atoms with Crippen LogP contribution in [0.3, 0.4) is 0 Å². The first kappa shape index (κ1) is 12.4. The van der Waals surface area contributed by atoms with E-state index in [0.29, 0.717) is 0 Å². The van der Waals surface area contributed by atoms with Crippen LogP contribution in [0.25, 0.3) is 25.7 Å². The number of fused-ring (bicyclic) bond motifs is 3. The molecule has 2 heterocycles. The first-order valence-electron chi connectivity index (χ1n) is 7.01. The molecule has 0 bridgehead atoms. The van der Waals surface area contributed by atoms with Gasteiger partial charge in [-0.25, -0.2) is 0 Å². The van der Waals surface area contributed by atoms with Crippen molar-refractivity contribution < 1.29 is 0 Å². The van der Waals surface area contributed by atoms with E-state index < -0.39 is 0 Å². The van der Waals surface area contributed by atoms with Gasteiger partial charge in [-0.15, -0.1) is 11.3 Å². The molecule has 0 radical (unpaired) electrons. The predicted molar refractivity (Wildman–Crippen MR) is 93.4 cm³/mol.